The van der Waals surface area contributed by atoms with Crippen LogP contribution in [0.1, 0.15) is 15.9 Å². The van der Waals surface area contributed by atoms with Crippen LogP contribution >= 0.6 is 0 Å². The zero-order valence-corrected chi connectivity index (χ0v) is 11.6. The molecule has 0 spiro atoms. The van der Waals surface area contributed by atoms with E-state index in [1.54, 1.807) is 24.3 Å². The fraction of sp³-hybridized carbons (Fsp3) is 0.0667. The van der Waals surface area contributed by atoms with Gasteiger partial charge in [0, 0.05) is 23.9 Å². The number of methoxy groups -OCH3 is 1. The molecule has 0 saturated heterocycles. The molecule has 1 N–H and O–H groups in total. The first kappa shape index (κ1) is 15.2. The number of aromatic hydroxyl groups is 1. The Balaban J connectivity index is 2.23. The first-order valence-corrected chi connectivity index (χ1v) is 6.21. The number of nitrogens with zero attached hydrogens (tertiary/aromatic N) is 2. The minimum absolute atomic E-state index is 0.111. The Kier molecular flexibility index (Phi) is 4.47. The Labute approximate surface area is 125 Å². The van der Waals surface area contributed by atoms with Gasteiger partial charge in [-0.2, -0.15) is 0 Å². The normalized spacial score (nSPS) is 10.6. The van der Waals surface area contributed by atoms with Gasteiger partial charge in [0.15, 0.2) is 0 Å². The topological polar surface area (TPSA) is 102 Å². The highest BCUT2D eigenvalue weighted by molar-refractivity contribution is 5.90. The number of nitro benzene ring substituents is 1. The second kappa shape index (κ2) is 6.49. The molecule has 0 bridgehead atoms. The molecule has 0 heterocycles. The molecular formula is C15H12N2O5. The number of rotatable bonds is 4. The van der Waals surface area contributed by atoms with Crippen molar-refractivity contribution in [3.8, 4) is 5.75 Å². The summed E-state index contributed by atoms with van der Waals surface area (Å²) in [5, 5.41) is 20.4. The zero-order chi connectivity index (χ0) is 16.1. The summed E-state index contributed by atoms with van der Waals surface area (Å²) in [5.41, 5.74) is 1.00. The molecule has 0 aromatic heterocycles. The van der Waals surface area contributed by atoms with E-state index in [9.17, 15) is 20.0 Å². The second-order valence-electron chi connectivity index (χ2n) is 4.30. The number of esters is 1. The summed E-state index contributed by atoms with van der Waals surface area (Å²) in [5.74, 6) is -0.563. The van der Waals surface area contributed by atoms with Crippen molar-refractivity contribution >= 4 is 23.6 Å². The van der Waals surface area contributed by atoms with Gasteiger partial charge in [-0.05, 0) is 30.3 Å². The minimum Gasteiger partial charge on any atom is -0.507 e. The molecule has 7 heteroatoms. The van der Waals surface area contributed by atoms with Crippen molar-refractivity contribution in [3.05, 3.63) is 63.7 Å². The summed E-state index contributed by atoms with van der Waals surface area (Å²) in [6.45, 7) is 0. The van der Waals surface area contributed by atoms with E-state index in [4.69, 9.17) is 0 Å². The van der Waals surface area contributed by atoms with Crippen LogP contribution in [-0.2, 0) is 4.74 Å². The molecule has 0 aliphatic rings. The van der Waals surface area contributed by atoms with Crippen LogP contribution in [0.15, 0.2) is 47.5 Å². The van der Waals surface area contributed by atoms with Gasteiger partial charge in [-0.3, -0.25) is 15.1 Å². The summed E-state index contributed by atoms with van der Waals surface area (Å²) in [6, 6.07) is 9.95. The third kappa shape index (κ3) is 3.45. The maximum atomic E-state index is 11.3. The average molecular weight is 300 g/mol. The van der Waals surface area contributed by atoms with Gasteiger partial charge in [0.25, 0.3) is 5.69 Å². The van der Waals surface area contributed by atoms with Crippen LogP contribution in [0, 0.1) is 10.1 Å². The van der Waals surface area contributed by atoms with Crippen molar-refractivity contribution in [1.82, 2.24) is 0 Å². The zero-order valence-electron chi connectivity index (χ0n) is 11.6. The number of hydrogen-bond acceptors (Lipinski definition) is 6. The van der Waals surface area contributed by atoms with E-state index in [2.05, 4.69) is 9.73 Å². The Morgan fingerprint density at radius 1 is 1.27 bits per heavy atom. The second-order valence-corrected chi connectivity index (χ2v) is 4.30. The number of hydrogen-bond donors (Lipinski definition) is 1. The Bertz CT molecular complexity index is 738. The Morgan fingerprint density at radius 2 is 1.95 bits per heavy atom. The molecular weight excluding hydrogens is 288 g/mol. The molecule has 2 aromatic carbocycles. The van der Waals surface area contributed by atoms with Crippen LogP contribution in [0.5, 0.6) is 5.75 Å². The van der Waals surface area contributed by atoms with Crippen LogP contribution in [0.4, 0.5) is 11.4 Å². The van der Waals surface area contributed by atoms with Crippen LogP contribution in [0.2, 0.25) is 0 Å². The van der Waals surface area contributed by atoms with Crippen LogP contribution in [0.25, 0.3) is 0 Å². The molecule has 0 fully saturated rings. The van der Waals surface area contributed by atoms with Crippen molar-refractivity contribution in [2.45, 2.75) is 0 Å². The number of ether oxygens (including phenoxy) is 1. The number of phenols is 1. The summed E-state index contributed by atoms with van der Waals surface area (Å²) in [4.78, 5) is 25.5. The Morgan fingerprint density at radius 3 is 2.55 bits per heavy atom. The fourth-order valence-electron chi connectivity index (χ4n) is 1.70. The van der Waals surface area contributed by atoms with Crippen LogP contribution in [0.3, 0.4) is 0 Å². The van der Waals surface area contributed by atoms with Gasteiger partial charge in [0.1, 0.15) is 5.75 Å². The third-order valence-electron chi connectivity index (χ3n) is 2.86. The summed E-state index contributed by atoms with van der Waals surface area (Å²) >= 11 is 0. The van der Waals surface area contributed by atoms with Crippen molar-refractivity contribution in [3.63, 3.8) is 0 Å². The number of benzene rings is 2. The smallest absolute Gasteiger partial charge is 0.337 e. The van der Waals surface area contributed by atoms with Crippen molar-refractivity contribution in [1.29, 1.82) is 0 Å². The lowest BCUT2D eigenvalue weighted by Crippen LogP contribution is -1.99. The van der Waals surface area contributed by atoms with E-state index in [0.717, 1.165) is 0 Å². The van der Waals surface area contributed by atoms with E-state index < -0.39 is 10.9 Å². The van der Waals surface area contributed by atoms with Gasteiger partial charge >= 0.3 is 5.97 Å². The molecule has 0 radical (unpaired) electrons. The summed E-state index contributed by atoms with van der Waals surface area (Å²) in [7, 11) is 1.29. The van der Waals surface area contributed by atoms with Crippen molar-refractivity contribution in [2.24, 2.45) is 4.99 Å². The molecule has 0 amide bonds. The number of nitro groups is 1. The molecule has 7 nitrogen and oxygen atoms in total. The number of carbonyl (C=O) groups is 1. The van der Waals surface area contributed by atoms with Crippen LogP contribution in [-0.4, -0.2) is 29.3 Å². The van der Waals surface area contributed by atoms with E-state index >= 15 is 0 Å². The van der Waals surface area contributed by atoms with Gasteiger partial charge in [-0.1, -0.05) is 0 Å². The van der Waals surface area contributed by atoms with Gasteiger partial charge in [0.2, 0.25) is 0 Å². The van der Waals surface area contributed by atoms with Crippen LogP contribution < -0.4 is 0 Å². The summed E-state index contributed by atoms with van der Waals surface area (Å²) in [6.07, 6.45) is 1.31. The van der Waals surface area contributed by atoms with Crippen molar-refractivity contribution < 1.29 is 19.6 Å². The van der Waals surface area contributed by atoms with Crippen molar-refractivity contribution in [2.75, 3.05) is 7.11 Å². The molecule has 22 heavy (non-hydrogen) atoms. The molecule has 0 unspecified atom stereocenters. The number of carbonyl (C=O) groups excluding carboxylic acids is 1. The fourth-order valence-corrected chi connectivity index (χ4v) is 1.70. The first-order chi connectivity index (χ1) is 10.5. The van der Waals surface area contributed by atoms with E-state index in [0.29, 0.717) is 11.3 Å². The highest BCUT2D eigenvalue weighted by atomic mass is 16.6. The Hall–Kier alpha value is -3.22. The predicted octanol–water partition coefficient (Wildman–Crippen LogP) is 2.84. The predicted molar refractivity (Wildman–Crippen MR) is 79.8 cm³/mol. The molecule has 2 aromatic rings. The molecule has 0 atom stereocenters. The maximum absolute atomic E-state index is 11.3. The number of non-ortho nitro benzene ring substituents is 1. The minimum atomic E-state index is -0.554. The largest absolute Gasteiger partial charge is 0.507 e. The molecule has 0 aliphatic carbocycles. The maximum Gasteiger partial charge on any atom is 0.337 e. The highest BCUT2D eigenvalue weighted by Crippen LogP contribution is 2.22. The van der Waals surface area contributed by atoms with Gasteiger partial charge in [-0.25, -0.2) is 4.79 Å². The number of aliphatic imine (C=N–C) groups is 1. The molecule has 2 rings (SSSR count). The lowest BCUT2D eigenvalue weighted by molar-refractivity contribution is -0.384. The summed E-state index contributed by atoms with van der Waals surface area (Å²) < 4.78 is 4.58. The van der Waals surface area contributed by atoms with Gasteiger partial charge in [0.05, 0.1) is 23.3 Å². The molecule has 0 aliphatic heterocycles. The average Bonchev–Trinajstić information content (AvgIpc) is 2.53. The SMILES string of the molecule is COC(=O)c1ccc(/N=C/c2cc([N+](=O)[O-])ccc2O)cc1. The monoisotopic (exact) mass is 300 g/mol. The van der Waals surface area contributed by atoms with E-state index in [1.807, 2.05) is 0 Å². The third-order valence-corrected chi connectivity index (χ3v) is 2.86. The molecule has 112 valence electrons. The first-order valence-electron chi connectivity index (χ1n) is 6.21. The van der Waals surface area contributed by atoms with Gasteiger partial charge in [-0.15, -0.1) is 0 Å². The standard InChI is InChI=1S/C15H12N2O5/c1-22-15(19)10-2-4-12(5-3-10)16-9-11-8-13(17(20)21)6-7-14(11)18/h2-9,18H,1H3/b16-9+. The number of phenolic OH excluding ortho intramolecular Hbond substituents is 1. The van der Waals surface area contributed by atoms with E-state index in [1.165, 1.54) is 31.5 Å². The quantitative estimate of drug-likeness (QED) is 0.405. The lowest BCUT2D eigenvalue weighted by atomic mass is 10.2. The lowest BCUT2D eigenvalue weighted by Gasteiger charge is -2.00. The van der Waals surface area contributed by atoms with Gasteiger partial charge < -0.3 is 9.84 Å². The molecule has 0 saturated carbocycles. The highest BCUT2D eigenvalue weighted by Gasteiger charge is 2.09. The van der Waals surface area contributed by atoms with E-state index in [-0.39, 0.29) is 17.0 Å².